The summed E-state index contributed by atoms with van der Waals surface area (Å²) in [6.07, 6.45) is 1.15. The molecule has 2 N–H and O–H groups in total. The lowest BCUT2D eigenvalue weighted by Crippen LogP contribution is -2.22. The second-order valence-electron chi connectivity index (χ2n) is 7.91. The minimum Gasteiger partial charge on any atom is -0.392 e. The highest BCUT2D eigenvalue weighted by Crippen LogP contribution is 2.37. The fraction of sp³-hybridized carbons (Fsp3) is 0.455. The first-order valence-electron chi connectivity index (χ1n) is 9.87. The Kier molecular flexibility index (Phi) is 6.26. The van der Waals surface area contributed by atoms with Crippen LogP contribution in [0.15, 0.2) is 36.4 Å². The van der Waals surface area contributed by atoms with E-state index in [2.05, 4.69) is 9.80 Å². The van der Waals surface area contributed by atoms with E-state index in [9.17, 15) is 10.2 Å². The van der Waals surface area contributed by atoms with Gasteiger partial charge in [0, 0.05) is 50.4 Å². The average Bonchev–Trinajstić information content (AvgIpc) is 3.27. The van der Waals surface area contributed by atoms with Gasteiger partial charge in [-0.15, -0.1) is 0 Å². The van der Waals surface area contributed by atoms with Crippen LogP contribution in [-0.4, -0.2) is 58.4 Å². The van der Waals surface area contributed by atoms with E-state index in [-0.39, 0.29) is 12.2 Å². The van der Waals surface area contributed by atoms with Crippen molar-refractivity contribution >= 4 is 23.2 Å². The minimum atomic E-state index is -0.239. The van der Waals surface area contributed by atoms with Crippen molar-refractivity contribution in [3.8, 4) is 11.1 Å². The first-order valence-corrected chi connectivity index (χ1v) is 10.6. The third-order valence-corrected chi connectivity index (χ3v) is 6.62. The summed E-state index contributed by atoms with van der Waals surface area (Å²) in [6.45, 7) is 4.62. The molecule has 2 atom stereocenters. The van der Waals surface area contributed by atoms with Gasteiger partial charge in [0.15, 0.2) is 0 Å². The van der Waals surface area contributed by atoms with E-state index in [4.69, 9.17) is 23.2 Å². The molecule has 2 aliphatic rings. The molecule has 2 heterocycles. The Morgan fingerprint density at radius 1 is 0.750 bits per heavy atom. The molecular formula is C22H26Cl2N2O2. The summed E-state index contributed by atoms with van der Waals surface area (Å²) in [5.74, 6) is 0. The SMILES string of the molecule is OC1CCN(Cc2cccc(-c3cccc(CN4CCC(O)C4)c3Cl)c2Cl)C1. The number of nitrogens with zero attached hydrogens (tertiary/aromatic N) is 2. The Hall–Kier alpha value is -1.14. The maximum absolute atomic E-state index is 9.77. The normalized spacial score (nSPS) is 23.6. The molecule has 0 amide bonds. The van der Waals surface area contributed by atoms with Gasteiger partial charge in [-0.2, -0.15) is 0 Å². The van der Waals surface area contributed by atoms with Crippen molar-refractivity contribution in [2.75, 3.05) is 26.2 Å². The lowest BCUT2D eigenvalue weighted by atomic mass is 10.00. The summed E-state index contributed by atoms with van der Waals surface area (Å²) in [4.78, 5) is 4.46. The Labute approximate surface area is 176 Å². The quantitative estimate of drug-likeness (QED) is 0.771. The van der Waals surface area contributed by atoms with Gasteiger partial charge in [-0.25, -0.2) is 0 Å². The molecule has 0 saturated carbocycles. The van der Waals surface area contributed by atoms with E-state index in [1.54, 1.807) is 0 Å². The summed E-state index contributed by atoms with van der Waals surface area (Å²) in [6, 6.07) is 12.1. The van der Waals surface area contributed by atoms with Crippen molar-refractivity contribution in [1.29, 1.82) is 0 Å². The van der Waals surface area contributed by atoms with Crippen molar-refractivity contribution in [3.05, 3.63) is 57.6 Å². The standard InChI is InChI=1S/C22H26Cl2N2O2/c23-21-15(11-25-9-7-17(27)13-25)3-1-5-19(21)20-6-2-4-16(22(20)24)12-26-10-8-18(28)14-26/h1-6,17-18,27-28H,7-14H2. The molecule has 28 heavy (non-hydrogen) atoms. The first-order chi connectivity index (χ1) is 13.5. The van der Waals surface area contributed by atoms with E-state index in [0.717, 1.165) is 71.3 Å². The summed E-state index contributed by atoms with van der Waals surface area (Å²) in [7, 11) is 0. The Bertz CT molecular complexity index is 776. The zero-order valence-corrected chi connectivity index (χ0v) is 17.3. The van der Waals surface area contributed by atoms with Crippen molar-refractivity contribution in [2.45, 2.75) is 38.1 Å². The number of rotatable bonds is 5. The highest BCUT2D eigenvalue weighted by molar-refractivity contribution is 6.37. The molecule has 2 fully saturated rings. The molecule has 0 radical (unpaired) electrons. The summed E-state index contributed by atoms with van der Waals surface area (Å²) in [5, 5.41) is 21.0. The van der Waals surface area contributed by atoms with Crippen molar-refractivity contribution in [2.24, 2.45) is 0 Å². The van der Waals surface area contributed by atoms with Gasteiger partial charge in [0.2, 0.25) is 0 Å². The van der Waals surface area contributed by atoms with Gasteiger partial charge >= 0.3 is 0 Å². The van der Waals surface area contributed by atoms with E-state index >= 15 is 0 Å². The molecule has 4 nitrogen and oxygen atoms in total. The molecule has 0 aliphatic carbocycles. The molecule has 0 bridgehead atoms. The second-order valence-corrected chi connectivity index (χ2v) is 8.67. The third kappa shape index (κ3) is 4.38. The average molecular weight is 421 g/mol. The minimum absolute atomic E-state index is 0.239. The molecule has 2 aromatic carbocycles. The number of aliphatic hydroxyl groups is 2. The number of likely N-dealkylation sites (tertiary alicyclic amines) is 2. The number of hydrogen-bond acceptors (Lipinski definition) is 4. The van der Waals surface area contributed by atoms with Gasteiger partial charge in [0.05, 0.1) is 22.3 Å². The maximum atomic E-state index is 9.77. The van der Waals surface area contributed by atoms with Gasteiger partial charge in [-0.1, -0.05) is 59.6 Å². The van der Waals surface area contributed by atoms with E-state index in [0.29, 0.717) is 13.1 Å². The van der Waals surface area contributed by atoms with Crippen LogP contribution >= 0.6 is 23.2 Å². The van der Waals surface area contributed by atoms with Crippen LogP contribution in [-0.2, 0) is 13.1 Å². The molecular weight excluding hydrogens is 395 g/mol. The molecule has 2 unspecified atom stereocenters. The van der Waals surface area contributed by atoms with E-state index < -0.39 is 0 Å². The first kappa shape index (κ1) is 20.1. The van der Waals surface area contributed by atoms with E-state index in [1.165, 1.54) is 0 Å². The predicted octanol–water partition coefficient (Wildman–Crippen LogP) is 3.79. The van der Waals surface area contributed by atoms with Gasteiger partial charge in [0.25, 0.3) is 0 Å². The molecule has 6 heteroatoms. The number of halogens is 2. The third-order valence-electron chi connectivity index (χ3n) is 5.73. The largest absolute Gasteiger partial charge is 0.392 e. The molecule has 150 valence electrons. The van der Waals surface area contributed by atoms with Crippen molar-refractivity contribution in [3.63, 3.8) is 0 Å². The van der Waals surface area contributed by atoms with Crippen LogP contribution < -0.4 is 0 Å². The molecule has 4 rings (SSSR count). The van der Waals surface area contributed by atoms with Crippen LogP contribution in [0.3, 0.4) is 0 Å². The van der Waals surface area contributed by atoms with Gasteiger partial charge < -0.3 is 10.2 Å². The van der Waals surface area contributed by atoms with Crippen LogP contribution in [0.1, 0.15) is 24.0 Å². The van der Waals surface area contributed by atoms with Gasteiger partial charge in [-0.3, -0.25) is 9.80 Å². The zero-order chi connectivity index (χ0) is 19.7. The summed E-state index contributed by atoms with van der Waals surface area (Å²) < 4.78 is 0. The lowest BCUT2D eigenvalue weighted by Gasteiger charge is -2.19. The summed E-state index contributed by atoms with van der Waals surface area (Å²) >= 11 is 13.6. The fourth-order valence-electron chi connectivity index (χ4n) is 4.21. The Balaban J connectivity index is 1.58. The highest BCUT2D eigenvalue weighted by Gasteiger charge is 2.23. The monoisotopic (exact) mass is 420 g/mol. The van der Waals surface area contributed by atoms with Crippen molar-refractivity contribution < 1.29 is 10.2 Å². The molecule has 2 aliphatic heterocycles. The molecule has 0 aromatic heterocycles. The number of hydrogen-bond donors (Lipinski definition) is 2. The topological polar surface area (TPSA) is 46.9 Å². The second kappa shape index (κ2) is 8.70. The molecule has 2 saturated heterocycles. The Morgan fingerprint density at radius 2 is 1.18 bits per heavy atom. The number of β-amino-alcohol motifs (C(OH)–C–C–N with tert-alkyl or cyclic N) is 2. The van der Waals surface area contributed by atoms with Gasteiger partial charge in [-0.05, 0) is 24.0 Å². The smallest absolute Gasteiger partial charge is 0.0679 e. The predicted molar refractivity (Wildman–Crippen MR) is 114 cm³/mol. The van der Waals surface area contributed by atoms with Crippen LogP contribution in [0, 0.1) is 0 Å². The van der Waals surface area contributed by atoms with E-state index in [1.807, 2.05) is 36.4 Å². The van der Waals surface area contributed by atoms with Crippen LogP contribution in [0.25, 0.3) is 11.1 Å². The molecule has 2 aromatic rings. The van der Waals surface area contributed by atoms with Crippen LogP contribution in [0.5, 0.6) is 0 Å². The van der Waals surface area contributed by atoms with Crippen LogP contribution in [0.2, 0.25) is 10.0 Å². The highest BCUT2D eigenvalue weighted by atomic mass is 35.5. The van der Waals surface area contributed by atoms with Gasteiger partial charge in [0.1, 0.15) is 0 Å². The lowest BCUT2D eigenvalue weighted by molar-refractivity contribution is 0.174. The molecule has 0 spiro atoms. The number of benzene rings is 2. The van der Waals surface area contributed by atoms with Crippen molar-refractivity contribution in [1.82, 2.24) is 9.80 Å². The summed E-state index contributed by atoms with van der Waals surface area (Å²) in [5.41, 5.74) is 3.98. The fourth-order valence-corrected chi connectivity index (χ4v) is 4.79. The Morgan fingerprint density at radius 3 is 1.54 bits per heavy atom. The maximum Gasteiger partial charge on any atom is 0.0679 e. The number of aliphatic hydroxyl groups excluding tert-OH is 2. The van der Waals surface area contributed by atoms with Crippen LogP contribution in [0.4, 0.5) is 0 Å². The zero-order valence-electron chi connectivity index (χ0n) is 15.8.